The van der Waals surface area contributed by atoms with Crippen LogP contribution in [0.1, 0.15) is 33.8 Å². The monoisotopic (exact) mass is 262 g/mol. The summed E-state index contributed by atoms with van der Waals surface area (Å²) < 4.78 is 0.984. The molecule has 74 valence electrons. The summed E-state index contributed by atoms with van der Waals surface area (Å²) in [6.45, 7) is 0. The van der Waals surface area contributed by atoms with Gasteiger partial charge in [-0.1, -0.05) is 40.2 Å². The lowest BCUT2D eigenvalue weighted by atomic mass is 9.88. The molecule has 0 saturated carbocycles. The predicted octanol–water partition coefficient (Wildman–Crippen LogP) is 2.68. The Morgan fingerprint density at radius 3 is 2.73 bits per heavy atom. The Morgan fingerprint density at radius 1 is 1.20 bits per heavy atom. The number of Topliss-reactive ketones (excluding diaryl/α,β-unsaturated/α-hetero) is 2. The smallest absolute Gasteiger partial charge is 0.229 e. The fourth-order valence-corrected chi connectivity index (χ4v) is 2.86. The number of halogens is 1. The molecule has 2 aliphatic carbocycles. The molecule has 3 rings (SSSR count). The highest BCUT2D eigenvalue weighted by atomic mass is 79.9. The third kappa shape index (κ3) is 1.04. The Labute approximate surface area is 95.1 Å². The Morgan fingerprint density at radius 2 is 1.93 bits per heavy atom. The number of hydrogen-bond donors (Lipinski definition) is 0. The van der Waals surface area contributed by atoms with Crippen molar-refractivity contribution >= 4 is 32.0 Å². The Kier molecular flexibility index (Phi) is 1.74. The number of allylic oxidation sites excluding steroid dienone is 1. The third-order valence-corrected chi connectivity index (χ3v) is 3.78. The molecule has 1 atom stereocenters. The summed E-state index contributed by atoms with van der Waals surface area (Å²) in [5.41, 5.74) is 2.50. The molecule has 2 aliphatic rings. The summed E-state index contributed by atoms with van der Waals surface area (Å²) >= 11 is 3.45. The Bertz CT molecular complexity index is 528. The highest BCUT2D eigenvalue weighted by Crippen LogP contribution is 2.43. The van der Waals surface area contributed by atoms with E-state index in [1.807, 2.05) is 18.2 Å². The molecule has 0 fully saturated rings. The first kappa shape index (κ1) is 9.04. The zero-order valence-electron chi connectivity index (χ0n) is 7.79. The van der Waals surface area contributed by atoms with Gasteiger partial charge in [0.1, 0.15) is 0 Å². The predicted molar refractivity (Wildman–Crippen MR) is 60.0 cm³/mol. The van der Waals surface area contributed by atoms with Gasteiger partial charge < -0.3 is 0 Å². The molecule has 0 aliphatic heterocycles. The van der Waals surface area contributed by atoms with Gasteiger partial charge in [0.25, 0.3) is 0 Å². The maximum Gasteiger partial charge on any atom is 0.229 e. The molecule has 15 heavy (non-hydrogen) atoms. The number of carbonyl (C=O) groups is 2. The minimum absolute atomic E-state index is 0.231. The van der Waals surface area contributed by atoms with E-state index < -0.39 is 0 Å². The van der Waals surface area contributed by atoms with Crippen LogP contribution in [0.4, 0.5) is 0 Å². The SMILES string of the molecule is O=C1C(=O)C2CC=C(Br)c3cccc1c32. The fourth-order valence-electron chi connectivity index (χ4n) is 2.33. The van der Waals surface area contributed by atoms with Crippen molar-refractivity contribution in [1.82, 2.24) is 0 Å². The van der Waals surface area contributed by atoms with Gasteiger partial charge in [0.15, 0.2) is 0 Å². The molecule has 1 unspecified atom stereocenters. The maximum absolute atomic E-state index is 11.7. The van der Waals surface area contributed by atoms with Crippen LogP contribution in [0.5, 0.6) is 0 Å². The van der Waals surface area contributed by atoms with E-state index in [0.717, 1.165) is 15.6 Å². The van der Waals surface area contributed by atoms with Gasteiger partial charge in [-0.05, 0) is 17.5 Å². The topological polar surface area (TPSA) is 34.1 Å². The van der Waals surface area contributed by atoms with Crippen LogP contribution in [0, 0.1) is 0 Å². The number of hydrogen-bond acceptors (Lipinski definition) is 2. The molecule has 0 radical (unpaired) electrons. The van der Waals surface area contributed by atoms with E-state index in [0.29, 0.717) is 12.0 Å². The van der Waals surface area contributed by atoms with Crippen molar-refractivity contribution in [3.8, 4) is 0 Å². The second-order valence-electron chi connectivity index (χ2n) is 3.80. The molecule has 3 heteroatoms. The van der Waals surface area contributed by atoms with Gasteiger partial charge in [0, 0.05) is 10.0 Å². The number of ketones is 2. The van der Waals surface area contributed by atoms with Gasteiger partial charge in [-0.15, -0.1) is 0 Å². The van der Waals surface area contributed by atoms with Crippen molar-refractivity contribution in [3.63, 3.8) is 0 Å². The Hall–Kier alpha value is -1.22. The molecule has 0 heterocycles. The number of rotatable bonds is 0. The summed E-state index contributed by atoms with van der Waals surface area (Å²) in [6.07, 6.45) is 2.60. The van der Waals surface area contributed by atoms with E-state index >= 15 is 0 Å². The summed E-state index contributed by atoms with van der Waals surface area (Å²) in [4.78, 5) is 23.4. The van der Waals surface area contributed by atoms with Crippen molar-refractivity contribution in [3.05, 3.63) is 41.0 Å². The van der Waals surface area contributed by atoms with Gasteiger partial charge in [0.2, 0.25) is 11.6 Å². The van der Waals surface area contributed by atoms with Crippen molar-refractivity contribution in [2.45, 2.75) is 12.3 Å². The lowest BCUT2D eigenvalue weighted by Crippen LogP contribution is -2.13. The molecule has 2 nitrogen and oxygen atoms in total. The minimum Gasteiger partial charge on any atom is -0.290 e. The zero-order valence-corrected chi connectivity index (χ0v) is 9.37. The van der Waals surface area contributed by atoms with Gasteiger partial charge in [-0.25, -0.2) is 0 Å². The second-order valence-corrected chi connectivity index (χ2v) is 4.65. The molecule has 0 saturated heterocycles. The first-order chi connectivity index (χ1) is 7.20. The van der Waals surface area contributed by atoms with Crippen LogP contribution in [-0.2, 0) is 4.79 Å². The van der Waals surface area contributed by atoms with Crippen LogP contribution in [0.3, 0.4) is 0 Å². The summed E-state index contributed by atoms with van der Waals surface area (Å²) in [6, 6.07) is 5.50. The molecule has 0 amide bonds. The largest absolute Gasteiger partial charge is 0.290 e. The van der Waals surface area contributed by atoms with Gasteiger partial charge in [-0.2, -0.15) is 0 Å². The molecule has 0 N–H and O–H groups in total. The van der Waals surface area contributed by atoms with E-state index in [1.54, 1.807) is 6.07 Å². The van der Waals surface area contributed by atoms with Crippen LogP contribution >= 0.6 is 15.9 Å². The molecule has 1 aromatic carbocycles. The van der Waals surface area contributed by atoms with Crippen LogP contribution < -0.4 is 0 Å². The van der Waals surface area contributed by atoms with E-state index in [9.17, 15) is 9.59 Å². The highest BCUT2D eigenvalue weighted by Gasteiger charge is 2.40. The van der Waals surface area contributed by atoms with Crippen LogP contribution in [0.15, 0.2) is 24.3 Å². The van der Waals surface area contributed by atoms with Crippen LogP contribution in [0.2, 0.25) is 0 Å². The van der Waals surface area contributed by atoms with E-state index in [4.69, 9.17) is 0 Å². The average Bonchev–Trinajstić information content (AvgIpc) is 2.50. The summed E-state index contributed by atoms with van der Waals surface area (Å²) in [5, 5.41) is 0. The minimum atomic E-state index is -0.326. The van der Waals surface area contributed by atoms with E-state index in [2.05, 4.69) is 15.9 Å². The van der Waals surface area contributed by atoms with Crippen LogP contribution in [0.25, 0.3) is 4.48 Å². The van der Waals surface area contributed by atoms with Crippen molar-refractivity contribution < 1.29 is 9.59 Å². The average molecular weight is 263 g/mol. The lowest BCUT2D eigenvalue weighted by molar-refractivity contribution is -0.115. The maximum atomic E-state index is 11.7. The summed E-state index contributed by atoms with van der Waals surface area (Å²) in [7, 11) is 0. The number of benzene rings is 1. The fraction of sp³-hybridized carbons (Fsp3) is 0.167. The van der Waals surface area contributed by atoms with Crippen LogP contribution in [-0.4, -0.2) is 11.6 Å². The molecule has 0 aromatic heterocycles. The van der Waals surface area contributed by atoms with E-state index in [1.165, 1.54) is 0 Å². The van der Waals surface area contributed by atoms with Crippen molar-refractivity contribution in [2.24, 2.45) is 0 Å². The van der Waals surface area contributed by atoms with Crippen molar-refractivity contribution in [2.75, 3.05) is 0 Å². The normalized spacial score (nSPS) is 22.7. The molecular formula is C12H7BrO2. The summed E-state index contributed by atoms with van der Waals surface area (Å²) in [5.74, 6) is -0.814. The first-order valence-electron chi connectivity index (χ1n) is 4.77. The Balaban J connectivity index is 2.37. The standard InChI is InChI=1S/C12H7BrO2/c13-9-5-4-8-10-6(9)2-1-3-7(10)11(14)12(8)15/h1-3,5,8H,4H2. The molecule has 0 bridgehead atoms. The number of carbonyl (C=O) groups excluding carboxylic acids is 2. The molecule has 1 aromatic rings. The zero-order chi connectivity index (χ0) is 10.6. The highest BCUT2D eigenvalue weighted by molar-refractivity contribution is 9.15. The van der Waals surface area contributed by atoms with Gasteiger partial charge in [-0.3, -0.25) is 9.59 Å². The lowest BCUT2D eigenvalue weighted by Gasteiger charge is -2.17. The first-order valence-corrected chi connectivity index (χ1v) is 5.57. The molecular weight excluding hydrogens is 256 g/mol. The van der Waals surface area contributed by atoms with E-state index in [-0.39, 0.29) is 17.5 Å². The molecule has 0 spiro atoms. The third-order valence-electron chi connectivity index (χ3n) is 3.03. The van der Waals surface area contributed by atoms with Gasteiger partial charge in [0.05, 0.1) is 5.92 Å². The quantitative estimate of drug-likeness (QED) is 0.674. The second kappa shape index (κ2) is 2.89. The van der Waals surface area contributed by atoms with Crippen molar-refractivity contribution in [1.29, 1.82) is 0 Å². The van der Waals surface area contributed by atoms with Gasteiger partial charge >= 0.3 is 0 Å².